The number of fused-ring (bicyclic) bond motifs is 3. The summed E-state index contributed by atoms with van der Waals surface area (Å²) < 4.78 is 0. The maximum absolute atomic E-state index is 3.05. The van der Waals surface area contributed by atoms with Gasteiger partial charge in [0.15, 0.2) is 0 Å². The summed E-state index contributed by atoms with van der Waals surface area (Å²) in [4.78, 5) is 3.05. The van der Waals surface area contributed by atoms with Gasteiger partial charge in [0.25, 0.3) is 0 Å². The molecule has 0 aromatic heterocycles. The van der Waals surface area contributed by atoms with Crippen LogP contribution in [0.25, 0.3) is 0 Å². The van der Waals surface area contributed by atoms with E-state index in [2.05, 4.69) is 102 Å². The highest BCUT2D eigenvalue weighted by molar-refractivity contribution is 5.78. The Bertz CT molecular complexity index is 2500. The van der Waals surface area contributed by atoms with Gasteiger partial charge < -0.3 is 0 Å². The van der Waals surface area contributed by atoms with Crippen molar-refractivity contribution in [2.24, 2.45) is 135 Å². The molecule has 17 aliphatic rings. The summed E-state index contributed by atoms with van der Waals surface area (Å²) in [5, 5.41) is 0. The molecule has 1 aromatic carbocycles. The molecule has 0 radical (unpaired) electrons. The zero-order valence-corrected chi connectivity index (χ0v) is 38.1. The lowest BCUT2D eigenvalue weighted by atomic mass is 9.38. The Balaban J connectivity index is 0.813. The molecular formula is C61H71N. The van der Waals surface area contributed by atoms with Crippen LogP contribution in [0, 0.1) is 135 Å². The lowest BCUT2D eigenvalue weighted by molar-refractivity contribution is -0.141. The van der Waals surface area contributed by atoms with Crippen molar-refractivity contribution < 1.29 is 0 Å². The van der Waals surface area contributed by atoms with Crippen LogP contribution in [-0.4, -0.2) is 18.5 Å². The molecule has 1 heteroatoms. The predicted octanol–water partition coefficient (Wildman–Crippen LogP) is 13.1. The van der Waals surface area contributed by atoms with Crippen LogP contribution in [0.5, 0.6) is 0 Å². The van der Waals surface area contributed by atoms with Crippen LogP contribution in [0.4, 0.5) is 0 Å². The Kier molecular flexibility index (Phi) is 6.23. The van der Waals surface area contributed by atoms with E-state index in [1.165, 1.54) is 83.6 Å². The average Bonchev–Trinajstić information content (AvgIpc) is 4.15. The topological polar surface area (TPSA) is 3.24 Å². The minimum Gasteiger partial charge on any atom is -0.297 e. The van der Waals surface area contributed by atoms with Crippen molar-refractivity contribution >= 4 is 0 Å². The van der Waals surface area contributed by atoms with E-state index in [1.54, 1.807) is 30.4 Å². The summed E-state index contributed by atoms with van der Waals surface area (Å²) in [5.74, 6) is 19.4. The molecule has 24 unspecified atom stereocenters. The van der Waals surface area contributed by atoms with Gasteiger partial charge in [0.1, 0.15) is 0 Å². The highest BCUT2D eigenvalue weighted by Gasteiger charge is 2.91. The first-order chi connectivity index (χ1) is 30.6. The summed E-state index contributed by atoms with van der Waals surface area (Å²) >= 11 is 0. The fraction of sp³-hybridized carbons (Fsp3) is 0.705. The van der Waals surface area contributed by atoms with Gasteiger partial charge in [0.2, 0.25) is 0 Å². The number of likely N-dealkylation sites (tertiary alicyclic amines) is 1. The lowest BCUT2D eigenvalue weighted by Gasteiger charge is -2.64. The van der Waals surface area contributed by atoms with Gasteiger partial charge in [-0.25, -0.2) is 0 Å². The Morgan fingerprint density at radius 2 is 1.34 bits per heavy atom. The van der Waals surface area contributed by atoms with Crippen LogP contribution in [-0.2, 0) is 6.42 Å². The normalized spacial score (nSPS) is 56.4. The van der Waals surface area contributed by atoms with Crippen LogP contribution in [0.15, 0.2) is 93.2 Å². The molecule has 1 saturated heterocycles. The number of rotatable bonds is 12. The maximum atomic E-state index is 3.05. The number of nitrogens with zero attached hydrogens (tertiary/aromatic N) is 1. The van der Waals surface area contributed by atoms with E-state index >= 15 is 0 Å². The molecule has 2 spiro atoms. The third-order valence-corrected chi connectivity index (χ3v) is 25.7. The van der Waals surface area contributed by atoms with Gasteiger partial charge in [-0.05, 0) is 186 Å². The minimum atomic E-state index is 0.222. The Morgan fingerprint density at radius 3 is 2.18 bits per heavy atom. The molecule has 10 saturated carbocycles. The van der Waals surface area contributed by atoms with E-state index in [1.807, 2.05) is 16.7 Å². The minimum absolute atomic E-state index is 0.222. The lowest BCUT2D eigenvalue weighted by Crippen LogP contribution is -2.62. The SMILES string of the molecule is CCCCCCCCCCCCc1ccc(C2N(C)CC34C5=C6C=CC7C8C6=C3C3C6=C8C8C7C=CC7C9CCC%10C%11CCC%12=C(C5C)C24C2C%12C%11C4C%10C9C(C6C4C32)C78)cc1. The molecule has 1 aromatic rings. The fourth-order valence-electron chi connectivity index (χ4n) is 25.9. The molecule has 11 fully saturated rings. The Hall–Kier alpha value is -2.38. The van der Waals surface area contributed by atoms with E-state index in [0.717, 1.165) is 118 Å². The van der Waals surface area contributed by atoms with Gasteiger partial charge in [-0.2, -0.15) is 0 Å². The van der Waals surface area contributed by atoms with Crippen molar-refractivity contribution in [3.05, 3.63) is 104 Å². The largest absolute Gasteiger partial charge is 0.297 e. The van der Waals surface area contributed by atoms with Crippen LogP contribution in [0.1, 0.15) is 121 Å². The van der Waals surface area contributed by atoms with E-state index in [9.17, 15) is 0 Å². The molecule has 0 N–H and O–H groups in total. The molecular weight excluding hydrogens is 747 g/mol. The predicted molar refractivity (Wildman–Crippen MR) is 246 cm³/mol. The average molecular weight is 818 g/mol. The molecule has 1 nitrogen and oxygen atoms in total. The van der Waals surface area contributed by atoms with Gasteiger partial charge in [-0.15, -0.1) is 0 Å². The second kappa shape index (κ2) is 11.1. The van der Waals surface area contributed by atoms with Crippen molar-refractivity contribution in [3.63, 3.8) is 0 Å². The van der Waals surface area contributed by atoms with E-state index in [0.29, 0.717) is 12.0 Å². The molecule has 0 amide bonds. The molecule has 0 bridgehead atoms. The molecule has 320 valence electrons. The number of allylic oxidation sites excluding steroid dienone is 9. The molecule has 16 aliphatic carbocycles. The first-order valence-electron chi connectivity index (χ1n) is 27.7. The highest BCUT2D eigenvalue weighted by atomic mass is 15.2. The molecule has 18 rings (SSSR count). The zero-order valence-electron chi connectivity index (χ0n) is 38.1. The van der Waals surface area contributed by atoms with Gasteiger partial charge in [-0.1, -0.05) is 142 Å². The van der Waals surface area contributed by atoms with Crippen LogP contribution in [0.3, 0.4) is 0 Å². The third-order valence-electron chi connectivity index (χ3n) is 25.7. The van der Waals surface area contributed by atoms with Gasteiger partial charge in [0.05, 0.1) is 0 Å². The number of aryl methyl sites for hydroxylation is 1. The summed E-state index contributed by atoms with van der Waals surface area (Å²) in [5.41, 5.74) is 20.4. The summed E-state index contributed by atoms with van der Waals surface area (Å²) in [7, 11) is 2.65. The van der Waals surface area contributed by atoms with Gasteiger partial charge >= 0.3 is 0 Å². The molecule has 62 heavy (non-hydrogen) atoms. The van der Waals surface area contributed by atoms with Crippen molar-refractivity contribution in [1.82, 2.24) is 4.90 Å². The second-order valence-corrected chi connectivity index (χ2v) is 26.3. The fourth-order valence-corrected chi connectivity index (χ4v) is 25.9. The monoisotopic (exact) mass is 818 g/mol. The summed E-state index contributed by atoms with van der Waals surface area (Å²) in [6, 6.07) is 11.2. The maximum Gasteiger partial charge on any atom is 0.0454 e. The molecule has 1 heterocycles. The number of benzene rings is 1. The van der Waals surface area contributed by atoms with Crippen LogP contribution < -0.4 is 0 Å². The van der Waals surface area contributed by atoms with Crippen molar-refractivity contribution in [1.29, 1.82) is 0 Å². The van der Waals surface area contributed by atoms with Gasteiger partial charge in [0, 0.05) is 41.2 Å². The van der Waals surface area contributed by atoms with Crippen LogP contribution in [0.2, 0.25) is 0 Å². The van der Waals surface area contributed by atoms with E-state index in [-0.39, 0.29) is 10.8 Å². The van der Waals surface area contributed by atoms with E-state index in [4.69, 9.17) is 0 Å². The number of unbranched alkanes of at least 4 members (excludes halogenated alkanes) is 9. The molecule has 1 aliphatic heterocycles. The second-order valence-electron chi connectivity index (χ2n) is 26.3. The number of hydrogen-bond donors (Lipinski definition) is 0. The summed E-state index contributed by atoms with van der Waals surface area (Å²) in [6.45, 7) is 6.45. The first-order valence-corrected chi connectivity index (χ1v) is 27.7. The molecule has 24 atom stereocenters. The highest BCUT2D eigenvalue weighted by Crippen LogP contribution is 2.96. The van der Waals surface area contributed by atoms with Crippen LogP contribution >= 0.6 is 0 Å². The van der Waals surface area contributed by atoms with Crippen molar-refractivity contribution in [2.75, 3.05) is 13.6 Å². The summed E-state index contributed by atoms with van der Waals surface area (Å²) in [6.07, 6.45) is 33.3. The van der Waals surface area contributed by atoms with Crippen molar-refractivity contribution in [2.45, 2.75) is 116 Å². The van der Waals surface area contributed by atoms with E-state index < -0.39 is 0 Å². The third kappa shape index (κ3) is 3.22. The first kappa shape index (κ1) is 34.9. The Morgan fingerprint density at radius 1 is 0.613 bits per heavy atom. The number of hydrogen-bond acceptors (Lipinski definition) is 1. The van der Waals surface area contributed by atoms with Crippen molar-refractivity contribution in [3.8, 4) is 0 Å². The standard InChI is InChI=1S/C61H71N/c1-4-5-6-7-8-9-10-11-12-13-14-29-15-17-30(18-16-29)59-61-56-28(2)55-37-25-23-35-33-21-19-31-32-20-22-34-36-24-26-38(56)46-44(36)49-42(34)40(32)47-39(31)41(33)48-43(35)45(37)57(60(55,61)27-62(59)3)53-51(48)50(47)52(49)54(53)58(46)61/h15-19,21,23,25,28,31-36,39-44,46-47,49-50,52-54,58-59H,4-14,20,22,24,26-27H2,1-3H3. The van der Waals surface area contributed by atoms with Gasteiger partial charge in [-0.3, -0.25) is 4.90 Å². The quantitative estimate of drug-likeness (QED) is 0.150. The smallest absolute Gasteiger partial charge is 0.0454 e. The Labute approximate surface area is 372 Å². The zero-order chi connectivity index (χ0) is 40.0.